The summed E-state index contributed by atoms with van der Waals surface area (Å²) in [7, 11) is 0. The van der Waals surface area contributed by atoms with E-state index in [4.69, 9.17) is 5.73 Å². The van der Waals surface area contributed by atoms with Crippen LogP contribution in [0.3, 0.4) is 0 Å². The van der Waals surface area contributed by atoms with Crippen molar-refractivity contribution in [2.45, 2.75) is 12.3 Å². The molecule has 3 amide bonds. The number of primary amides is 1. The number of benzene rings is 1. The van der Waals surface area contributed by atoms with E-state index in [1.807, 2.05) is 52.1 Å². The van der Waals surface area contributed by atoms with Gasteiger partial charge in [0.25, 0.3) is 0 Å². The lowest BCUT2D eigenvalue weighted by molar-refractivity contribution is -0.125. The van der Waals surface area contributed by atoms with E-state index in [1.165, 1.54) is 0 Å². The van der Waals surface area contributed by atoms with Crippen molar-refractivity contribution in [2.24, 2.45) is 11.1 Å². The summed E-state index contributed by atoms with van der Waals surface area (Å²) in [5, 5.41) is 3.97. The fourth-order valence-electron chi connectivity index (χ4n) is 4.10. The van der Waals surface area contributed by atoms with E-state index < -0.39 is 11.4 Å². The molecule has 2 atom stereocenters. The van der Waals surface area contributed by atoms with Crippen molar-refractivity contribution >= 4 is 29.0 Å². The molecule has 24 heavy (non-hydrogen) atoms. The van der Waals surface area contributed by atoms with Gasteiger partial charge in [-0.25, -0.2) is 4.79 Å². The summed E-state index contributed by atoms with van der Waals surface area (Å²) >= 11 is 1.58. The lowest BCUT2D eigenvalue weighted by atomic mass is 9.73. The summed E-state index contributed by atoms with van der Waals surface area (Å²) in [6.07, 6.45) is 0.741. The first-order valence-electron chi connectivity index (χ1n) is 8.05. The molecular weight excluding hydrogens is 322 g/mol. The number of carbonyl (C=O) groups is 2. The van der Waals surface area contributed by atoms with Crippen LogP contribution in [0.5, 0.6) is 0 Å². The molecule has 5 nitrogen and oxygen atoms in total. The van der Waals surface area contributed by atoms with Gasteiger partial charge in [0.05, 0.1) is 11.1 Å². The third-order valence-corrected chi connectivity index (χ3v) is 6.00. The van der Waals surface area contributed by atoms with Gasteiger partial charge >= 0.3 is 6.03 Å². The molecule has 2 fully saturated rings. The zero-order valence-corrected chi connectivity index (χ0v) is 14.0. The second-order valence-corrected chi connectivity index (χ2v) is 7.31. The van der Waals surface area contributed by atoms with Crippen LogP contribution < -0.4 is 10.6 Å². The van der Waals surface area contributed by atoms with E-state index in [1.54, 1.807) is 16.2 Å². The SMILES string of the molecule is NC(=O)N1C[C@H](c2ccccc2)[C@]2(CCN(c3ccsc3)C2=O)C1. The molecular formula is C18H19N3O2S. The summed E-state index contributed by atoms with van der Waals surface area (Å²) in [6.45, 7) is 1.59. The predicted octanol–water partition coefficient (Wildman–Crippen LogP) is 2.65. The minimum absolute atomic E-state index is 0.0117. The number of anilines is 1. The van der Waals surface area contributed by atoms with E-state index >= 15 is 0 Å². The van der Waals surface area contributed by atoms with Crippen LogP contribution in [0.1, 0.15) is 17.9 Å². The van der Waals surface area contributed by atoms with Crippen molar-refractivity contribution in [3.05, 3.63) is 52.7 Å². The molecule has 0 aliphatic carbocycles. The number of amides is 3. The van der Waals surface area contributed by atoms with Crippen LogP contribution in [0.15, 0.2) is 47.2 Å². The molecule has 1 aromatic carbocycles. The Morgan fingerprint density at radius 2 is 2.04 bits per heavy atom. The molecule has 6 heteroatoms. The van der Waals surface area contributed by atoms with Crippen LogP contribution in [0, 0.1) is 5.41 Å². The molecule has 2 aliphatic heterocycles. The number of thiophene rings is 1. The molecule has 0 unspecified atom stereocenters. The Balaban J connectivity index is 1.73. The standard InChI is InChI=1S/C18H19N3O2S/c19-17(23)20-10-15(13-4-2-1-3-5-13)18(12-20)7-8-21(16(18)22)14-6-9-24-11-14/h1-6,9,11,15H,7-8,10,12H2,(H2,19,23)/t15-,18+/m1/s1. The Bertz CT molecular complexity index is 762. The Kier molecular flexibility index (Phi) is 3.57. The summed E-state index contributed by atoms with van der Waals surface area (Å²) in [5.74, 6) is 0.0980. The van der Waals surface area contributed by atoms with Crippen molar-refractivity contribution in [3.63, 3.8) is 0 Å². The van der Waals surface area contributed by atoms with E-state index in [0.717, 1.165) is 17.7 Å². The van der Waals surface area contributed by atoms with Gasteiger partial charge in [-0.3, -0.25) is 4.79 Å². The maximum absolute atomic E-state index is 13.3. The molecule has 2 aromatic rings. The number of likely N-dealkylation sites (tertiary alicyclic amines) is 1. The zero-order chi connectivity index (χ0) is 16.7. The van der Waals surface area contributed by atoms with Crippen LogP contribution >= 0.6 is 11.3 Å². The molecule has 4 rings (SSSR count). The van der Waals surface area contributed by atoms with E-state index in [9.17, 15) is 9.59 Å². The zero-order valence-electron chi connectivity index (χ0n) is 13.2. The number of hydrogen-bond donors (Lipinski definition) is 1. The second-order valence-electron chi connectivity index (χ2n) is 6.53. The van der Waals surface area contributed by atoms with Crippen LogP contribution in [-0.2, 0) is 4.79 Å². The van der Waals surface area contributed by atoms with Crippen LogP contribution in [0.4, 0.5) is 10.5 Å². The summed E-state index contributed by atoms with van der Waals surface area (Å²) in [5.41, 5.74) is 7.01. The van der Waals surface area contributed by atoms with Gasteiger partial charge in [-0.1, -0.05) is 30.3 Å². The smallest absolute Gasteiger partial charge is 0.314 e. The highest BCUT2D eigenvalue weighted by Crippen LogP contribution is 2.50. The van der Waals surface area contributed by atoms with E-state index in [2.05, 4.69) is 0 Å². The first-order valence-corrected chi connectivity index (χ1v) is 8.99. The minimum atomic E-state index is -0.571. The minimum Gasteiger partial charge on any atom is -0.351 e. The quantitative estimate of drug-likeness (QED) is 0.912. The lowest BCUT2D eigenvalue weighted by Crippen LogP contribution is -2.41. The Morgan fingerprint density at radius 1 is 1.25 bits per heavy atom. The average molecular weight is 341 g/mol. The van der Waals surface area contributed by atoms with Crippen LogP contribution in [0.25, 0.3) is 0 Å². The summed E-state index contributed by atoms with van der Waals surface area (Å²) < 4.78 is 0. The summed E-state index contributed by atoms with van der Waals surface area (Å²) in [4.78, 5) is 28.6. The Labute approximate surface area is 144 Å². The van der Waals surface area contributed by atoms with Gasteiger partial charge in [0.2, 0.25) is 5.91 Å². The predicted molar refractivity (Wildman–Crippen MR) is 94.1 cm³/mol. The monoisotopic (exact) mass is 341 g/mol. The number of rotatable bonds is 2. The van der Waals surface area contributed by atoms with Crippen LogP contribution in [0.2, 0.25) is 0 Å². The molecule has 3 heterocycles. The third-order valence-electron chi connectivity index (χ3n) is 5.33. The largest absolute Gasteiger partial charge is 0.351 e. The first kappa shape index (κ1) is 15.2. The topological polar surface area (TPSA) is 66.6 Å². The second kappa shape index (κ2) is 5.63. The number of carbonyl (C=O) groups excluding carboxylic acids is 2. The lowest BCUT2D eigenvalue weighted by Gasteiger charge is -2.28. The highest BCUT2D eigenvalue weighted by molar-refractivity contribution is 7.08. The maximum atomic E-state index is 13.3. The molecule has 2 N–H and O–H groups in total. The third kappa shape index (κ3) is 2.21. The molecule has 1 aromatic heterocycles. The highest BCUT2D eigenvalue weighted by atomic mass is 32.1. The van der Waals surface area contributed by atoms with Crippen molar-refractivity contribution in [1.82, 2.24) is 4.90 Å². The van der Waals surface area contributed by atoms with Crippen LogP contribution in [-0.4, -0.2) is 36.5 Å². The average Bonchev–Trinajstić information content (AvgIpc) is 3.30. The van der Waals surface area contributed by atoms with Gasteiger partial charge in [-0.05, 0) is 23.4 Å². The fourth-order valence-corrected chi connectivity index (χ4v) is 4.75. The maximum Gasteiger partial charge on any atom is 0.314 e. The highest BCUT2D eigenvalue weighted by Gasteiger charge is 2.58. The Hall–Kier alpha value is -2.34. The van der Waals surface area contributed by atoms with Crippen molar-refractivity contribution < 1.29 is 9.59 Å². The van der Waals surface area contributed by atoms with Crippen molar-refractivity contribution in [2.75, 3.05) is 24.5 Å². The van der Waals surface area contributed by atoms with Crippen molar-refractivity contribution in [1.29, 1.82) is 0 Å². The van der Waals surface area contributed by atoms with Gasteiger partial charge in [0, 0.05) is 30.9 Å². The normalized spacial score (nSPS) is 26.5. The van der Waals surface area contributed by atoms with Gasteiger partial charge in [0.1, 0.15) is 0 Å². The number of nitrogens with two attached hydrogens (primary N) is 1. The molecule has 0 bridgehead atoms. The number of urea groups is 1. The number of hydrogen-bond acceptors (Lipinski definition) is 3. The molecule has 0 radical (unpaired) electrons. The van der Waals surface area contributed by atoms with Gasteiger partial charge < -0.3 is 15.5 Å². The van der Waals surface area contributed by atoms with Crippen molar-refractivity contribution in [3.8, 4) is 0 Å². The Morgan fingerprint density at radius 3 is 2.71 bits per heavy atom. The fraction of sp³-hybridized carbons (Fsp3) is 0.333. The van der Waals surface area contributed by atoms with E-state index in [0.29, 0.717) is 19.6 Å². The molecule has 2 aliphatic rings. The van der Waals surface area contributed by atoms with Gasteiger partial charge in [0.15, 0.2) is 0 Å². The first-order chi connectivity index (χ1) is 11.6. The molecule has 0 saturated carbocycles. The van der Waals surface area contributed by atoms with E-state index in [-0.39, 0.29) is 11.8 Å². The van der Waals surface area contributed by atoms with Gasteiger partial charge in [-0.15, -0.1) is 0 Å². The molecule has 2 saturated heterocycles. The van der Waals surface area contributed by atoms with Gasteiger partial charge in [-0.2, -0.15) is 11.3 Å². The number of nitrogens with zero attached hydrogens (tertiary/aromatic N) is 2. The summed E-state index contributed by atoms with van der Waals surface area (Å²) in [6, 6.07) is 11.5. The molecule has 1 spiro atoms. The molecule has 124 valence electrons.